The molecule has 0 spiro atoms. The summed E-state index contributed by atoms with van der Waals surface area (Å²) in [6.45, 7) is 0. The summed E-state index contributed by atoms with van der Waals surface area (Å²) in [5.41, 5.74) is 1.88. The fraction of sp³-hybridized carbons (Fsp3) is 0.200. The Labute approximate surface area is 136 Å². The summed E-state index contributed by atoms with van der Waals surface area (Å²) in [6, 6.07) is 7.10. The number of halogens is 2. The molecule has 1 N–H and O–H groups in total. The lowest BCUT2D eigenvalue weighted by Gasteiger charge is -2.07. The highest BCUT2D eigenvalue weighted by Gasteiger charge is 2.24. The number of nitrogens with one attached hydrogen (secondary N) is 1. The van der Waals surface area contributed by atoms with Gasteiger partial charge in [-0.1, -0.05) is 29.3 Å². The molecule has 1 aliphatic rings. The molecule has 2 aromatic rings. The van der Waals surface area contributed by atoms with Gasteiger partial charge in [-0.05, 0) is 37.0 Å². The smallest absolute Gasteiger partial charge is 0.259 e. The fourth-order valence-corrected chi connectivity index (χ4v) is 4.29. The van der Waals surface area contributed by atoms with E-state index in [0.717, 1.165) is 24.8 Å². The van der Waals surface area contributed by atoms with Crippen LogP contribution in [0.2, 0.25) is 10.0 Å². The number of nitriles is 1. The Balaban J connectivity index is 1.95. The molecule has 1 amide bonds. The van der Waals surface area contributed by atoms with Gasteiger partial charge in [0.25, 0.3) is 5.91 Å². The number of fused-ring (bicyclic) bond motifs is 1. The van der Waals surface area contributed by atoms with Crippen LogP contribution in [0.1, 0.15) is 32.8 Å². The molecule has 3 rings (SSSR count). The average Bonchev–Trinajstić information content (AvgIpc) is 2.98. The van der Waals surface area contributed by atoms with E-state index < -0.39 is 0 Å². The highest BCUT2D eigenvalue weighted by Crippen LogP contribution is 2.39. The van der Waals surface area contributed by atoms with Crippen LogP contribution in [0.3, 0.4) is 0 Å². The lowest BCUT2D eigenvalue weighted by atomic mass is 10.1. The molecule has 3 nitrogen and oxygen atoms in total. The largest absolute Gasteiger partial charge is 0.312 e. The molecule has 0 unspecified atom stereocenters. The zero-order valence-corrected chi connectivity index (χ0v) is 13.2. The van der Waals surface area contributed by atoms with E-state index in [-0.39, 0.29) is 11.5 Å². The van der Waals surface area contributed by atoms with Gasteiger partial charge in [-0.15, -0.1) is 11.3 Å². The van der Waals surface area contributed by atoms with Crippen molar-refractivity contribution >= 4 is 45.4 Å². The molecule has 21 heavy (non-hydrogen) atoms. The molecule has 1 heterocycles. The predicted molar refractivity (Wildman–Crippen MR) is 85.5 cm³/mol. The number of carbonyl (C=O) groups excluding carboxylic acids is 1. The third kappa shape index (κ3) is 2.53. The van der Waals surface area contributed by atoms with E-state index >= 15 is 0 Å². The van der Waals surface area contributed by atoms with Gasteiger partial charge in [-0.3, -0.25) is 4.79 Å². The number of nitrogens with zero attached hydrogens (tertiary/aromatic N) is 1. The second kappa shape index (κ2) is 5.69. The van der Waals surface area contributed by atoms with Gasteiger partial charge in [-0.2, -0.15) is 5.26 Å². The van der Waals surface area contributed by atoms with Gasteiger partial charge in [0, 0.05) is 4.88 Å². The van der Waals surface area contributed by atoms with E-state index in [0.29, 0.717) is 20.6 Å². The minimum absolute atomic E-state index is 0.235. The van der Waals surface area contributed by atoms with Crippen LogP contribution in [-0.2, 0) is 12.8 Å². The normalized spacial score (nSPS) is 12.8. The number of aryl methyl sites for hydroxylation is 1. The first-order valence-corrected chi connectivity index (χ1v) is 7.99. The van der Waals surface area contributed by atoms with Crippen molar-refractivity contribution in [3.05, 3.63) is 49.8 Å². The molecule has 106 valence electrons. The number of anilines is 1. The van der Waals surface area contributed by atoms with Crippen LogP contribution in [0.5, 0.6) is 0 Å². The molecular formula is C15H10Cl2N2OS. The highest BCUT2D eigenvalue weighted by molar-refractivity contribution is 7.16. The van der Waals surface area contributed by atoms with Crippen LogP contribution in [0.15, 0.2) is 18.2 Å². The number of rotatable bonds is 2. The molecule has 0 saturated heterocycles. The van der Waals surface area contributed by atoms with Gasteiger partial charge in [0.05, 0.1) is 21.2 Å². The molecule has 0 fully saturated rings. The minimum atomic E-state index is -0.387. The molecule has 1 aromatic heterocycles. The van der Waals surface area contributed by atoms with E-state index in [2.05, 4.69) is 11.4 Å². The van der Waals surface area contributed by atoms with Gasteiger partial charge in [-0.25, -0.2) is 0 Å². The Morgan fingerprint density at radius 1 is 1.29 bits per heavy atom. The van der Waals surface area contributed by atoms with Crippen LogP contribution in [0.25, 0.3) is 0 Å². The maximum Gasteiger partial charge on any atom is 0.259 e. The van der Waals surface area contributed by atoms with Crippen molar-refractivity contribution in [2.75, 3.05) is 5.32 Å². The number of amides is 1. The van der Waals surface area contributed by atoms with E-state index in [1.54, 1.807) is 18.2 Å². The third-order valence-corrected chi connectivity index (χ3v) is 5.29. The molecule has 0 atom stereocenters. The van der Waals surface area contributed by atoms with Crippen molar-refractivity contribution in [1.82, 2.24) is 0 Å². The van der Waals surface area contributed by atoms with Gasteiger partial charge in [0.1, 0.15) is 11.1 Å². The molecule has 0 radical (unpaired) electrons. The number of benzene rings is 1. The standard InChI is InChI=1S/C15H10Cl2N2OS/c16-10-4-2-5-11(17)13(10)14(20)19-15-9(7-18)8-3-1-6-12(8)21-15/h2,4-5H,1,3,6H2,(H,19,20). The Bertz CT molecular complexity index is 756. The van der Waals surface area contributed by atoms with Gasteiger partial charge >= 0.3 is 0 Å². The number of hydrogen-bond donors (Lipinski definition) is 1. The fourth-order valence-electron chi connectivity index (χ4n) is 2.49. The average molecular weight is 337 g/mol. The summed E-state index contributed by atoms with van der Waals surface area (Å²) in [7, 11) is 0. The molecule has 0 saturated carbocycles. The summed E-state index contributed by atoms with van der Waals surface area (Å²) in [5, 5.41) is 13.3. The van der Waals surface area contributed by atoms with E-state index in [1.165, 1.54) is 16.2 Å². The third-order valence-electron chi connectivity index (χ3n) is 3.45. The van der Waals surface area contributed by atoms with Crippen LogP contribution in [0, 0.1) is 11.3 Å². The summed E-state index contributed by atoms with van der Waals surface area (Å²) in [4.78, 5) is 13.6. The Morgan fingerprint density at radius 2 is 2.00 bits per heavy atom. The molecule has 1 aromatic carbocycles. The number of thiophene rings is 1. The zero-order chi connectivity index (χ0) is 15.0. The van der Waals surface area contributed by atoms with Gasteiger partial charge in [0.15, 0.2) is 0 Å². The van der Waals surface area contributed by atoms with Crippen LogP contribution in [-0.4, -0.2) is 5.91 Å². The van der Waals surface area contributed by atoms with Gasteiger partial charge in [0.2, 0.25) is 0 Å². The summed E-state index contributed by atoms with van der Waals surface area (Å²) in [6.07, 6.45) is 2.94. The van der Waals surface area contributed by atoms with E-state index in [1.807, 2.05) is 0 Å². The van der Waals surface area contributed by atoms with Crippen molar-refractivity contribution in [2.24, 2.45) is 0 Å². The minimum Gasteiger partial charge on any atom is -0.312 e. The monoisotopic (exact) mass is 336 g/mol. The van der Waals surface area contributed by atoms with Crippen molar-refractivity contribution in [3.8, 4) is 6.07 Å². The summed E-state index contributed by atoms with van der Waals surface area (Å²) in [5.74, 6) is -0.387. The highest BCUT2D eigenvalue weighted by atomic mass is 35.5. The molecule has 0 bridgehead atoms. The second-order valence-corrected chi connectivity index (χ2v) is 6.64. The van der Waals surface area contributed by atoms with E-state index in [4.69, 9.17) is 23.2 Å². The second-order valence-electron chi connectivity index (χ2n) is 4.72. The van der Waals surface area contributed by atoms with Crippen molar-refractivity contribution in [2.45, 2.75) is 19.3 Å². The maximum absolute atomic E-state index is 12.4. The number of hydrogen-bond acceptors (Lipinski definition) is 3. The Kier molecular flexibility index (Phi) is 3.90. The Hall–Kier alpha value is -1.54. The summed E-state index contributed by atoms with van der Waals surface area (Å²) >= 11 is 13.5. The molecule has 6 heteroatoms. The molecular weight excluding hydrogens is 327 g/mol. The topological polar surface area (TPSA) is 52.9 Å². The van der Waals surface area contributed by atoms with Crippen LogP contribution >= 0.6 is 34.5 Å². The number of carbonyl (C=O) groups is 1. The van der Waals surface area contributed by atoms with Crippen LogP contribution in [0.4, 0.5) is 5.00 Å². The SMILES string of the molecule is N#Cc1c(NC(=O)c2c(Cl)cccc2Cl)sc2c1CCC2. The first-order chi connectivity index (χ1) is 10.1. The first kappa shape index (κ1) is 14.4. The van der Waals surface area contributed by atoms with Crippen molar-refractivity contribution in [1.29, 1.82) is 5.26 Å². The summed E-state index contributed by atoms with van der Waals surface area (Å²) < 4.78 is 0. The lowest BCUT2D eigenvalue weighted by molar-refractivity contribution is 0.102. The maximum atomic E-state index is 12.4. The first-order valence-electron chi connectivity index (χ1n) is 6.42. The van der Waals surface area contributed by atoms with Gasteiger partial charge < -0.3 is 5.32 Å². The molecule has 1 aliphatic carbocycles. The van der Waals surface area contributed by atoms with Crippen molar-refractivity contribution in [3.63, 3.8) is 0 Å². The molecule has 0 aliphatic heterocycles. The lowest BCUT2D eigenvalue weighted by Crippen LogP contribution is -2.13. The quantitative estimate of drug-likeness (QED) is 0.866. The predicted octanol–water partition coefficient (Wildman–Crippen LogP) is 4.67. The van der Waals surface area contributed by atoms with Crippen LogP contribution < -0.4 is 5.32 Å². The van der Waals surface area contributed by atoms with E-state index in [9.17, 15) is 10.1 Å². The Morgan fingerprint density at radius 3 is 2.67 bits per heavy atom. The van der Waals surface area contributed by atoms with Crippen molar-refractivity contribution < 1.29 is 4.79 Å². The zero-order valence-electron chi connectivity index (χ0n) is 10.9.